The predicted molar refractivity (Wildman–Crippen MR) is 95.8 cm³/mol. The molecule has 1 aromatic rings. The summed E-state index contributed by atoms with van der Waals surface area (Å²) in [7, 11) is 0. The number of Topliss-reactive ketones (excluding diaryl/α,β-unsaturated/α-hetero) is 1. The highest BCUT2D eigenvalue weighted by Gasteiger charge is 2.46. The van der Waals surface area contributed by atoms with E-state index in [0.29, 0.717) is 36.8 Å². The number of fused-ring (bicyclic) bond motifs is 1. The van der Waals surface area contributed by atoms with Crippen molar-refractivity contribution < 1.29 is 24.5 Å². The Morgan fingerprint density at radius 3 is 2.72 bits per heavy atom. The topological polar surface area (TPSA) is 83.8 Å². The van der Waals surface area contributed by atoms with Crippen LogP contribution < -0.4 is 4.74 Å². The Bertz CT molecular complexity index is 714. The van der Waals surface area contributed by atoms with Gasteiger partial charge in [0.25, 0.3) is 0 Å². The van der Waals surface area contributed by atoms with Crippen molar-refractivity contribution in [3.05, 3.63) is 39.9 Å². The number of carboxylic acids is 1. The third-order valence-corrected chi connectivity index (χ3v) is 5.27. The summed E-state index contributed by atoms with van der Waals surface area (Å²) in [4.78, 5) is 23.8. The van der Waals surface area contributed by atoms with Crippen LogP contribution in [0.3, 0.4) is 0 Å². The minimum absolute atomic E-state index is 0.0277. The first kappa shape index (κ1) is 19.8. The molecule has 5 nitrogen and oxygen atoms in total. The van der Waals surface area contributed by atoms with Gasteiger partial charge in [0.05, 0.1) is 11.1 Å². The molecule has 1 aromatic carbocycles. The molecule has 0 saturated heterocycles. The number of carbonyl (C=O) groups is 2. The van der Waals surface area contributed by atoms with Gasteiger partial charge in [0.2, 0.25) is 0 Å². The van der Waals surface area contributed by atoms with Gasteiger partial charge in [-0.1, -0.05) is 29.3 Å². The second-order valence-electron chi connectivity index (χ2n) is 6.39. The van der Waals surface area contributed by atoms with E-state index in [1.165, 1.54) is 0 Å². The maximum absolute atomic E-state index is 13.1. The van der Waals surface area contributed by atoms with Gasteiger partial charge in [0.1, 0.15) is 10.8 Å². The Balaban J connectivity index is 2.42. The van der Waals surface area contributed by atoms with Gasteiger partial charge in [-0.15, -0.1) is 6.58 Å². The van der Waals surface area contributed by atoms with Crippen LogP contribution in [0, 0.1) is 5.41 Å². The van der Waals surface area contributed by atoms with Gasteiger partial charge in [-0.2, -0.15) is 0 Å². The van der Waals surface area contributed by atoms with E-state index in [1.807, 2.05) is 0 Å². The third kappa shape index (κ3) is 4.00. The molecule has 0 aliphatic heterocycles. The van der Waals surface area contributed by atoms with Gasteiger partial charge < -0.3 is 14.9 Å². The molecule has 136 valence electrons. The smallest absolute Gasteiger partial charge is 0.341 e. The number of aliphatic hydroxyl groups excluding tert-OH is 1. The summed E-state index contributed by atoms with van der Waals surface area (Å²) in [5.74, 6) is -1.12. The number of allylic oxidation sites excluding steroid dienone is 1. The van der Waals surface area contributed by atoms with E-state index >= 15 is 0 Å². The number of rotatable bonds is 8. The van der Waals surface area contributed by atoms with Crippen LogP contribution in [0.15, 0.2) is 18.7 Å². The molecule has 25 heavy (non-hydrogen) atoms. The minimum atomic E-state index is -1.14. The Kier molecular flexibility index (Phi) is 6.14. The highest BCUT2D eigenvalue weighted by molar-refractivity contribution is 6.45. The lowest BCUT2D eigenvalue weighted by Gasteiger charge is -2.26. The maximum Gasteiger partial charge on any atom is 0.341 e. The number of aliphatic carboxylic acids is 1. The lowest BCUT2D eigenvalue weighted by molar-refractivity contribution is -0.139. The van der Waals surface area contributed by atoms with Crippen LogP contribution in [-0.2, 0) is 11.2 Å². The van der Waals surface area contributed by atoms with Gasteiger partial charge in [-0.3, -0.25) is 4.79 Å². The summed E-state index contributed by atoms with van der Waals surface area (Å²) in [6.45, 7) is 4.86. The van der Waals surface area contributed by atoms with Gasteiger partial charge in [0, 0.05) is 11.0 Å². The molecule has 2 N–H and O–H groups in total. The zero-order chi connectivity index (χ0) is 18.8. The molecule has 0 saturated carbocycles. The summed E-state index contributed by atoms with van der Waals surface area (Å²) in [5.41, 5.74) is 0.299. The SMILES string of the molecule is C=CCC1(CCC(C)O)Cc2cc(OCC(=O)O)c(Cl)c(Cl)c2C1=O. The molecular weight excluding hydrogens is 367 g/mol. The first-order valence-electron chi connectivity index (χ1n) is 7.91. The summed E-state index contributed by atoms with van der Waals surface area (Å²) >= 11 is 12.4. The monoisotopic (exact) mass is 386 g/mol. The molecular formula is C18H20Cl2O5. The quantitative estimate of drug-likeness (QED) is 0.661. The molecule has 1 aliphatic carbocycles. The van der Waals surface area contributed by atoms with E-state index in [9.17, 15) is 14.7 Å². The van der Waals surface area contributed by atoms with Crippen molar-refractivity contribution in [3.63, 3.8) is 0 Å². The van der Waals surface area contributed by atoms with E-state index in [-0.39, 0.29) is 21.6 Å². The first-order valence-corrected chi connectivity index (χ1v) is 8.66. The normalized spacial score (nSPS) is 20.2. The van der Waals surface area contributed by atoms with Crippen molar-refractivity contribution in [3.8, 4) is 5.75 Å². The van der Waals surface area contributed by atoms with Gasteiger partial charge in [-0.25, -0.2) is 4.79 Å². The van der Waals surface area contributed by atoms with Crippen LogP contribution >= 0.6 is 23.2 Å². The molecule has 2 atom stereocenters. The van der Waals surface area contributed by atoms with Crippen LogP contribution in [0.4, 0.5) is 0 Å². The number of carbonyl (C=O) groups excluding carboxylic acids is 1. The van der Waals surface area contributed by atoms with E-state index in [1.54, 1.807) is 19.1 Å². The number of hydrogen-bond acceptors (Lipinski definition) is 4. The summed E-state index contributed by atoms with van der Waals surface area (Å²) in [6.07, 6.45) is 2.99. The zero-order valence-electron chi connectivity index (χ0n) is 13.8. The van der Waals surface area contributed by atoms with Crippen molar-refractivity contribution in [1.29, 1.82) is 0 Å². The van der Waals surface area contributed by atoms with Gasteiger partial charge in [-0.05, 0) is 44.2 Å². The Morgan fingerprint density at radius 1 is 1.48 bits per heavy atom. The summed E-state index contributed by atoms with van der Waals surface area (Å²) < 4.78 is 5.18. The molecule has 2 unspecified atom stereocenters. The lowest BCUT2D eigenvalue weighted by atomic mass is 9.76. The average Bonchev–Trinajstić information content (AvgIpc) is 2.80. The number of hydrogen-bond donors (Lipinski definition) is 2. The van der Waals surface area contributed by atoms with Crippen LogP contribution in [0.2, 0.25) is 10.0 Å². The number of ether oxygens (including phenoxy) is 1. The Hall–Kier alpha value is -1.56. The highest BCUT2D eigenvalue weighted by Crippen LogP contribution is 2.49. The molecule has 0 heterocycles. The van der Waals surface area contributed by atoms with E-state index in [0.717, 1.165) is 0 Å². The molecule has 0 fully saturated rings. The van der Waals surface area contributed by atoms with Crippen LogP contribution in [-0.4, -0.2) is 34.7 Å². The zero-order valence-corrected chi connectivity index (χ0v) is 15.4. The maximum atomic E-state index is 13.1. The predicted octanol–water partition coefficient (Wildman–Crippen LogP) is 3.92. The van der Waals surface area contributed by atoms with Crippen LogP contribution in [0.1, 0.15) is 42.1 Å². The second kappa shape index (κ2) is 7.77. The Labute approximate surface area is 156 Å². The fourth-order valence-corrected chi connectivity index (χ4v) is 3.73. The molecule has 1 aliphatic rings. The fourth-order valence-electron chi connectivity index (χ4n) is 3.22. The molecule has 0 amide bonds. The fraction of sp³-hybridized carbons (Fsp3) is 0.444. The molecule has 0 radical (unpaired) electrons. The van der Waals surface area contributed by atoms with Crippen molar-refractivity contribution >= 4 is 35.0 Å². The van der Waals surface area contributed by atoms with Crippen molar-refractivity contribution in [1.82, 2.24) is 0 Å². The number of ketones is 1. The molecule has 7 heteroatoms. The summed E-state index contributed by atoms with van der Waals surface area (Å²) in [6, 6.07) is 1.58. The van der Waals surface area contributed by atoms with E-state index < -0.39 is 24.1 Å². The molecule has 2 rings (SSSR count). The average molecular weight is 387 g/mol. The molecule has 0 bridgehead atoms. The van der Waals surface area contributed by atoms with Gasteiger partial charge in [0.15, 0.2) is 12.4 Å². The summed E-state index contributed by atoms with van der Waals surface area (Å²) in [5, 5.41) is 18.5. The standard InChI is InChI=1S/C18H20Cl2O5/c1-3-5-18(6-4-10(2)21)8-11-7-12(25-9-13(22)23)15(19)16(20)14(11)17(18)24/h3,7,10,21H,1,4-6,8-9H2,2H3,(H,22,23). The van der Waals surface area contributed by atoms with Gasteiger partial charge >= 0.3 is 5.97 Å². The Morgan fingerprint density at radius 2 is 2.16 bits per heavy atom. The molecule has 0 spiro atoms. The number of carboxylic acid groups (broad SMARTS) is 1. The number of aliphatic hydroxyl groups is 1. The van der Waals surface area contributed by atoms with Crippen LogP contribution in [0.5, 0.6) is 5.75 Å². The largest absolute Gasteiger partial charge is 0.480 e. The number of halogens is 2. The molecule has 0 aromatic heterocycles. The van der Waals surface area contributed by atoms with E-state index in [2.05, 4.69) is 6.58 Å². The second-order valence-corrected chi connectivity index (χ2v) is 7.14. The lowest BCUT2D eigenvalue weighted by Crippen LogP contribution is -2.28. The number of benzene rings is 1. The van der Waals surface area contributed by atoms with Crippen molar-refractivity contribution in [2.75, 3.05) is 6.61 Å². The first-order chi connectivity index (χ1) is 11.7. The van der Waals surface area contributed by atoms with Crippen LogP contribution in [0.25, 0.3) is 0 Å². The third-order valence-electron chi connectivity index (χ3n) is 4.42. The van der Waals surface area contributed by atoms with Crippen molar-refractivity contribution in [2.45, 2.75) is 38.7 Å². The van der Waals surface area contributed by atoms with E-state index in [4.69, 9.17) is 33.0 Å². The highest BCUT2D eigenvalue weighted by atomic mass is 35.5. The minimum Gasteiger partial charge on any atom is -0.480 e. The van der Waals surface area contributed by atoms with Crippen molar-refractivity contribution in [2.24, 2.45) is 5.41 Å².